The summed E-state index contributed by atoms with van der Waals surface area (Å²) >= 11 is 0. The van der Waals surface area contributed by atoms with Gasteiger partial charge in [0.2, 0.25) is 0 Å². The Kier molecular flexibility index (Phi) is 6.39. The number of carbonyl (C=O) groups is 1. The van der Waals surface area contributed by atoms with E-state index in [-0.39, 0.29) is 18.6 Å². The third-order valence-electron chi connectivity index (χ3n) is 3.53. The van der Waals surface area contributed by atoms with Crippen LogP contribution in [0.1, 0.15) is 29.3 Å². The molecular formula is C19H22N2O2. The fourth-order valence-corrected chi connectivity index (χ4v) is 2.14. The minimum absolute atomic E-state index is 0.0637. The van der Waals surface area contributed by atoms with Gasteiger partial charge in [-0.1, -0.05) is 49.4 Å². The number of amides is 1. The first-order valence-electron chi connectivity index (χ1n) is 7.73. The molecule has 4 nitrogen and oxygen atoms in total. The van der Waals surface area contributed by atoms with Gasteiger partial charge in [0.15, 0.2) is 0 Å². The van der Waals surface area contributed by atoms with Crippen LogP contribution in [0.2, 0.25) is 0 Å². The van der Waals surface area contributed by atoms with Gasteiger partial charge in [-0.3, -0.25) is 4.79 Å². The Balaban J connectivity index is 2.08. The van der Waals surface area contributed by atoms with Gasteiger partial charge in [0, 0.05) is 6.20 Å². The average molecular weight is 310 g/mol. The maximum atomic E-state index is 12.3. The standard InChI is InChI=1S/C19H22N2O2/c1-2-16(14-22)21-19(23)17-10-6-7-11-18(17)20-13-12-15-8-4-3-5-9-15/h3-13,16,20,22H,2,14H2,1H3,(H,21,23)/b13-12+. The predicted octanol–water partition coefficient (Wildman–Crippen LogP) is 3.27. The third-order valence-corrected chi connectivity index (χ3v) is 3.53. The van der Waals surface area contributed by atoms with E-state index in [1.807, 2.05) is 67.7 Å². The Hall–Kier alpha value is -2.59. The van der Waals surface area contributed by atoms with Crippen molar-refractivity contribution in [2.75, 3.05) is 11.9 Å². The SMILES string of the molecule is CCC(CO)NC(=O)c1ccccc1N/C=C/c1ccccc1. The minimum atomic E-state index is -0.226. The molecule has 2 aromatic carbocycles. The molecule has 0 aromatic heterocycles. The van der Waals surface area contributed by atoms with E-state index in [9.17, 15) is 9.90 Å². The Morgan fingerprint density at radius 3 is 2.52 bits per heavy atom. The number of aliphatic hydroxyl groups is 1. The molecule has 0 spiro atoms. The quantitative estimate of drug-likeness (QED) is 0.735. The first-order chi connectivity index (χ1) is 11.2. The van der Waals surface area contributed by atoms with Crippen molar-refractivity contribution in [3.05, 3.63) is 71.9 Å². The molecule has 0 aliphatic heterocycles. The smallest absolute Gasteiger partial charge is 0.253 e. The number of anilines is 1. The van der Waals surface area contributed by atoms with Crippen molar-refractivity contribution in [3.63, 3.8) is 0 Å². The van der Waals surface area contributed by atoms with E-state index in [2.05, 4.69) is 10.6 Å². The second kappa shape index (κ2) is 8.76. The zero-order valence-corrected chi connectivity index (χ0v) is 13.2. The summed E-state index contributed by atoms with van der Waals surface area (Å²) in [5, 5.41) is 15.2. The molecule has 0 saturated carbocycles. The van der Waals surface area contributed by atoms with E-state index in [0.717, 1.165) is 11.3 Å². The summed E-state index contributed by atoms with van der Waals surface area (Å²) in [6.45, 7) is 1.86. The van der Waals surface area contributed by atoms with Crippen LogP contribution < -0.4 is 10.6 Å². The monoisotopic (exact) mass is 310 g/mol. The van der Waals surface area contributed by atoms with Gasteiger partial charge < -0.3 is 15.7 Å². The first-order valence-corrected chi connectivity index (χ1v) is 7.73. The largest absolute Gasteiger partial charge is 0.394 e. The summed E-state index contributed by atoms with van der Waals surface area (Å²) in [7, 11) is 0. The summed E-state index contributed by atoms with van der Waals surface area (Å²) in [5.41, 5.74) is 2.36. The maximum absolute atomic E-state index is 12.3. The van der Waals surface area contributed by atoms with E-state index in [1.54, 1.807) is 6.07 Å². The van der Waals surface area contributed by atoms with Crippen LogP contribution in [0.5, 0.6) is 0 Å². The summed E-state index contributed by atoms with van der Waals surface area (Å²) in [6.07, 6.45) is 4.44. The lowest BCUT2D eigenvalue weighted by molar-refractivity contribution is 0.0916. The Bertz CT molecular complexity index is 649. The Morgan fingerprint density at radius 2 is 1.83 bits per heavy atom. The second-order valence-electron chi connectivity index (χ2n) is 5.20. The molecule has 2 aromatic rings. The third kappa shape index (κ3) is 4.97. The van der Waals surface area contributed by atoms with Crippen LogP contribution >= 0.6 is 0 Å². The van der Waals surface area contributed by atoms with Crippen molar-refractivity contribution < 1.29 is 9.90 Å². The molecule has 4 heteroatoms. The summed E-state index contributed by atoms with van der Waals surface area (Å²) < 4.78 is 0. The van der Waals surface area contributed by atoms with Gasteiger partial charge in [-0.05, 0) is 30.2 Å². The minimum Gasteiger partial charge on any atom is -0.394 e. The van der Waals surface area contributed by atoms with Crippen LogP contribution in [0.15, 0.2) is 60.8 Å². The molecule has 0 bridgehead atoms. The number of para-hydroxylation sites is 1. The average Bonchev–Trinajstić information content (AvgIpc) is 2.61. The molecule has 3 N–H and O–H groups in total. The summed E-state index contributed by atoms with van der Waals surface area (Å²) in [5.74, 6) is -0.192. The fourth-order valence-electron chi connectivity index (χ4n) is 2.14. The number of rotatable bonds is 7. The van der Waals surface area contributed by atoms with Gasteiger partial charge in [0.05, 0.1) is 23.9 Å². The highest BCUT2D eigenvalue weighted by atomic mass is 16.3. The van der Waals surface area contributed by atoms with Crippen molar-refractivity contribution in [1.82, 2.24) is 5.32 Å². The van der Waals surface area contributed by atoms with E-state index < -0.39 is 0 Å². The van der Waals surface area contributed by atoms with E-state index >= 15 is 0 Å². The molecule has 0 aliphatic rings. The van der Waals surface area contributed by atoms with Crippen molar-refractivity contribution in [1.29, 1.82) is 0 Å². The zero-order valence-electron chi connectivity index (χ0n) is 13.2. The molecule has 1 unspecified atom stereocenters. The Labute approximate surface area is 136 Å². The molecule has 0 radical (unpaired) electrons. The summed E-state index contributed by atoms with van der Waals surface area (Å²) in [4.78, 5) is 12.3. The molecule has 0 aliphatic carbocycles. The van der Waals surface area contributed by atoms with E-state index in [0.29, 0.717) is 12.0 Å². The van der Waals surface area contributed by atoms with Crippen molar-refractivity contribution in [2.45, 2.75) is 19.4 Å². The molecule has 2 rings (SSSR count). The molecular weight excluding hydrogens is 288 g/mol. The molecule has 0 heterocycles. The number of aliphatic hydroxyl groups excluding tert-OH is 1. The summed E-state index contributed by atoms with van der Waals surface area (Å²) in [6, 6.07) is 17.0. The highest BCUT2D eigenvalue weighted by molar-refractivity contribution is 6.00. The number of carbonyl (C=O) groups excluding carboxylic acids is 1. The fraction of sp³-hybridized carbons (Fsp3) is 0.211. The van der Waals surface area contributed by atoms with Gasteiger partial charge >= 0.3 is 0 Å². The van der Waals surface area contributed by atoms with Gasteiger partial charge in [0.1, 0.15) is 0 Å². The number of hydrogen-bond acceptors (Lipinski definition) is 3. The van der Waals surface area contributed by atoms with Gasteiger partial charge in [-0.25, -0.2) is 0 Å². The normalized spacial score (nSPS) is 12.1. The van der Waals surface area contributed by atoms with Crippen molar-refractivity contribution in [2.24, 2.45) is 0 Å². The molecule has 1 amide bonds. The lowest BCUT2D eigenvalue weighted by atomic mass is 10.1. The van der Waals surface area contributed by atoms with Crippen LogP contribution in [-0.2, 0) is 0 Å². The highest BCUT2D eigenvalue weighted by Gasteiger charge is 2.13. The molecule has 1 atom stereocenters. The zero-order chi connectivity index (χ0) is 16.5. The highest BCUT2D eigenvalue weighted by Crippen LogP contribution is 2.16. The maximum Gasteiger partial charge on any atom is 0.253 e. The lowest BCUT2D eigenvalue weighted by Crippen LogP contribution is -2.37. The van der Waals surface area contributed by atoms with Crippen LogP contribution in [0.25, 0.3) is 6.08 Å². The lowest BCUT2D eigenvalue weighted by Gasteiger charge is -2.15. The number of nitrogens with one attached hydrogen (secondary N) is 2. The van der Waals surface area contributed by atoms with Crippen LogP contribution in [-0.4, -0.2) is 23.7 Å². The van der Waals surface area contributed by atoms with E-state index in [4.69, 9.17) is 0 Å². The first kappa shape index (κ1) is 16.8. The van der Waals surface area contributed by atoms with Gasteiger partial charge in [-0.2, -0.15) is 0 Å². The number of hydrogen-bond donors (Lipinski definition) is 3. The van der Waals surface area contributed by atoms with Gasteiger partial charge in [0.25, 0.3) is 5.91 Å². The topological polar surface area (TPSA) is 61.4 Å². The van der Waals surface area contributed by atoms with Crippen molar-refractivity contribution in [3.8, 4) is 0 Å². The van der Waals surface area contributed by atoms with Crippen LogP contribution in [0, 0.1) is 0 Å². The molecule has 0 saturated heterocycles. The Morgan fingerprint density at radius 1 is 1.13 bits per heavy atom. The van der Waals surface area contributed by atoms with E-state index in [1.165, 1.54) is 0 Å². The molecule has 120 valence electrons. The predicted molar refractivity (Wildman–Crippen MR) is 94.2 cm³/mol. The number of benzene rings is 2. The molecule has 23 heavy (non-hydrogen) atoms. The van der Waals surface area contributed by atoms with Crippen molar-refractivity contribution >= 4 is 17.7 Å². The van der Waals surface area contributed by atoms with Gasteiger partial charge in [-0.15, -0.1) is 0 Å². The molecule has 0 fully saturated rings. The van der Waals surface area contributed by atoms with Crippen LogP contribution in [0.4, 0.5) is 5.69 Å². The second-order valence-corrected chi connectivity index (χ2v) is 5.20. The van der Waals surface area contributed by atoms with Crippen LogP contribution in [0.3, 0.4) is 0 Å².